The predicted octanol–water partition coefficient (Wildman–Crippen LogP) is 2.51. The van der Waals surface area contributed by atoms with Gasteiger partial charge in [0, 0.05) is 0 Å². The molecule has 0 radical (unpaired) electrons. The molecule has 0 saturated heterocycles. The average molecular weight is 284 g/mol. The third-order valence-corrected chi connectivity index (χ3v) is 3.20. The van der Waals surface area contributed by atoms with Gasteiger partial charge in [-0.15, -0.1) is 0 Å². The molecule has 2 N–H and O–H groups in total. The van der Waals surface area contributed by atoms with Crippen molar-refractivity contribution >= 4 is 63.3 Å². The van der Waals surface area contributed by atoms with Crippen molar-refractivity contribution in [3.63, 3.8) is 0 Å². The summed E-state index contributed by atoms with van der Waals surface area (Å²) >= 11 is 0. The number of carboxylic acid groups (broad SMARTS) is 2. The monoisotopic (exact) mass is 284 g/mol. The van der Waals surface area contributed by atoms with Crippen molar-refractivity contribution in [1.82, 2.24) is 0 Å². The van der Waals surface area contributed by atoms with Crippen molar-refractivity contribution < 1.29 is 19.8 Å². The third-order valence-electron chi connectivity index (χ3n) is 3.20. The number of carbonyl (C=O) groups is 2. The second-order valence-corrected chi connectivity index (χ2v) is 5.26. The molecule has 0 aliphatic carbocycles. The third kappa shape index (κ3) is 7.89. The summed E-state index contributed by atoms with van der Waals surface area (Å²) < 4.78 is 0. The van der Waals surface area contributed by atoms with Crippen LogP contribution < -0.4 is 0 Å². The Balaban J connectivity index is 0. The summed E-state index contributed by atoms with van der Waals surface area (Å²) in [5.41, 5.74) is -0.691. The molecular formula is C13H25KO4. The molecule has 0 aromatic carbocycles. The maximum absolute atomic E-state index is 10.9. The molecule has 0 saturated carbocycles. The Morgan fingerprint density at radius 1 is 1.00 bits per heavy atom. The summed E-state index contributed by atoms with van der Waals surface area (Å²) in [5.74, 6) is -3.79. The second-order valence-electron chi connectivity index (χ2n) is 5.26. The molecule has 0 amide bonds. The molecule has 4 nitrogen and oxygen atoms in total. The van der Waals surface area contributed by atoms with E-state index in [1.807, 2.05) is 0 Å². The zero-order valence-electron chi connectivity index (χ0n) is 11.0. The summed E-state index contributed by atoms with van der Waals surface area (Å²) in [7, 11) is 0. The first-order valence-corrected chi connectivity index (χ1v) is 6.28. The topological polar surface area (TPSA) is 74.6 Å². The summed E-state index contributed by atoms with van der Waals surface area (Å²) in [6.07, 6.45) is 6.06. The molecule has 0 spiro atoms. The first kappa shape index (κ1) is 20.9. The van der Waals surface area contributed by atoms with Crippen molar-refractivity contribution in [2.24, 2.45) is 11.3 Å². The number of carboxylic acids is 2. The van der Waals surface area contributed by atoms with Crippen LogP contribution in [0.5, 0.6) is 0 Å². The van der Waals surface area contributed by atoms with E-state index >= 15 is 0 Å². The van der Waals surface area contributed by atoms with Crippen LogP contribution >= 0.6 is 0 Å². The first-order valence-electron chi connectivity index (χ1n) is 6.28. The van der Waals surface area contributed by atoms with E-state index in [4.69, 9.17) is 10.2 Å². The second kappa shape index (κ2) is 10.4. The minimum atomic E-state index is -1.31. The zero-order valence-corrected chi connectivity index (χ0v) is 11.0. The first-order chi connectivity index (χ1) is 7.83. The summed E-state index contributed by atoms with van der Waals surface area (Å²) in [5, 5.41) is 17.9. The van der Waals surface area contributed by atoms with E-state index in [-0.39, 0.29) is 51.4 Å². The van der Waals surface area contributed by atoms with Crippen molar-refractivity contribution in [3.05, 3.63) is 0 Å². The van der Waals surface area contributed by atoms with Gasteiger partial charge in [-0.05, 0) is 11.8 Å². The van der Waals surface area contributed by atoms with Crippen molar-refractivity contribution in [1.29, 1.82) is 0 Å². The fourth-order valence-electron chi connectivity index (χ4n) is 2.10. The normalized spacial score (nSPS) is 11.1. The van der Waals surface area contributed by atoms with E-state index in [1.165, 1.54) is 6.42 Å². The molecule has 0 atom stereocenters. The van der Waals surface area contributed by atoms with Crippen LogP contribution in [-0.4, -0.2) is 73.5 Å². The maximum atomic E-state index is 10.9. The van der Waals surface area contributed by atoms with Crippen LogP contribution in [0.1, 0.15) is 59.3 Å². The summed E-state index contributed by atoms with van der Waals surface area (Å²) in [6.45, 7) is 5.58. The fraction of sp³-hybridized carbons (Fsp3) is 0.846. The molecule has 18 heavy (non-hydrogen) atoms. The van der Waals surface area contributed by atoms with Crippen LogP contribution in [0.3, 0.4) is 0 Å². The Hall–Kier alpha value is 0.576. The Morgan fingerprint density at radius 3 is 1.83 bits per heavy atom. The summed E-state index contributed by atoms with van der Waals surface area (Å²) in [6, 6.07) is 0. The van der Waals surface area contributed by atoms with E-state index in [1.54, 1.807) is 13.8 Å². The van der Waals surface area contributed by atoms with Crippen LogP contribution in [-0.2, 0) is 9.59 Å². The van der Waals surface area contributed by atoms with Gasteiger partial charge in [-0.25, -0.2) is 0 Å². The van der Waals surface area contributed by atoms with Gasteiger partial charge in [-0.2, -0.15) is 0 Å². The van der Waals surface area contributed by atoms with Gasteiger partial charge in [0.15, 0.2) is 5.92 Å². The van der Waals surface area contributed by atoms with E-state index in [0.717, 1.165) is 25.7 Å². The molecule has 0 heterocycles. The molecule has 0 aliphatic heterocycles. The fourth-order valence-corrected chi connectivity index (χ4v) is 2.10. The average Bonchev–Trinajstić information content (AvgIpc) is 2.15. The van der Waals surface area contributed by atoms with Crippen LogP contribution in [0.15, 0.2) is 0 Å². The van der Waals surface area contributed by atoms with Gasteiger partial charge in [-0.3, -0.25) is 9.59 Å². The Bertz CT molecular complexity index is 250. The number of rotatable bonds is 9. The SMILES string of the molecule is CCCCCCCC(C)(C)C(C(=O)O)C(=O)O.[KH]. The number of unbranched alkanes of at least 4 members (excludes halogenated alkanes) is 4. The Morgan fingerprint density at radius 2 is 1.44 bits per heavy atom. The molecule has 0 fully saturated rings. The zero-order chi connectivity index (χ0) is 13.5. The van der Waals surface area contributed by atoms with E-state index in [0.29, 0.717) is 6.42 Å². The van der Waals surface area contributed by atoms with Crippen LogP contribution in [0.2, 0.25) is 0 Å². The van der Waals surface area contributed by atoms with Crippen molar-refractivity contribution in [2.45, 2.75) is 59.3 Å². The van der Waals surface area contributed by atoms with Gasteiger partial charge in [0.1, 0.15) is 0 Å². The van der Waals surface area contributed by atoms with Gasteiger partial charge in [0.05, 0.1) is 0 Å². The van der Waals surface area contributed by atoms with E-state index < -0.39 is 23.3 Å². The van der Waals surface area contributed by atoms with Crippen LogP contribution in [0.4, 0.5) is 0 Å². The van der Waals surface area contributed by atoms with Gasteiger partial charge in [0.2, 0.25) is 0 Å². The van der Waals surface area contributed by atoms with E-state index in [9.17, 15) is 9.59 Å². The van der Waals surface area contributed by atoms with E-state index in [2.05, 4.69) is 6.92 Å². The number of aliphatic carboxylic acids is 2. The molecule has 0 unspecified atom stereocenters. The van der Waals surface area contributed by atoms with Gasteiger partial charge >= 0.3 is 63.3 Å². The number of hydrogen-bond acceptors (Lipinski definition) is 2. The molecule has 102 valence electrons. The molecule has 5 heteroatoms. The standard InChI is InChI=1S/C13H24O4.K.H/c1-4-5-6-7-8-9-13(2,3)10(11(14)15)12(16)17;;/h10H,4-9H2,1-3H3,(H,14,15)(H,16,17);;. The van der Waals surface area contributed by atoms with Gasteiger partial charge in [0.25, 0.3) is 0 Å². The molecule has 0 rings (SSSR count). The van der Waals surface area contributed by atoms with Crippen molar-refractivity contribution in [2.75, 3.05) is 0 Å². The minimum absolute atomic E-state index is 0. The quantitative estimate of drug-likeness (QED) is 0.387. The number of hydrogen-bond donors (Lipinski definition) is 2. The van der Waals surface area contributed by atoms with Crippen molar-refractivity contribution in [3.8, 4) is 0 Å². The summed E-state index contributed by atoms with van der Waals surface area (Å²) in [4.78, 5) is 21.9. The van der Waals surface area contributed by atoms with Gasteiger partial charge in [-0.1, -0.05) is 52.9 Å². The van der Waals surface area contributed by atoms with Crippen LogP contribution in [0, 0.1) is 11.3 Å². The molecule has 0 aromatic rings. The van der Waals surface area contributed by atoms with Crippen LogP contribution in [0.25, 0.3) is 0 Å². The molecule has 0 aliphatic rings. The molecule has 0 aromatic heterocycles. The van der Waals surface area contributed by atoms with Gasteiger partial charge < -0.3 is 10.2 Å². The predicted molar refractivity (Wildman–Crippen MR) is 73.1 cm³/mol. The Kier molecular flexibility index (Phi) is 12.0. The Labute approximate surface area is 152 Å². The molecule has 0 bridgehead atoms. The molecular weight excluding hydrogens is 259 g/mol.